The van der Waals surface area contributed by atoms with E-state index in [4.69, 9.17) is 9.98 Å². The summed E-state index contributed by atoms with van der Waals surface area (Å²) < 4.78 is 0. The predicted molar refractivity (Wildman–Crippen MR) is 118 cm³/mol. The van der Waals surface area contributed by atoms with Gasteiger partial charge in [0, 0.05) is 34.9 Å². The topological polar surface area (TPSA) is 72.1 Å². The smallest absolute Gasteiger partial charge is 0.0745 e. The first-order valence-corrected chi connectivity index (χ1v) is 10.0. The second-order valence-electron chi connectivity index (χ2n) is 7.82. The molecule has 0 radical (unpaired) electrons. The van der Waals surface area contributed by atoms with E-state index in [0.29, 0.717) is 0 Å². The highest BCUT2D eigenvalue weighted by Gasteiger charge is 2.15. The molecule has 5 nitrogen and oxygen atoms in total. The van der Waals surface area contributed by atoms with Gasteiger partial charge in [0.1, 0.15) is 0 Å². The third-order valence-electron chi connectivity index (χ3n) is 5.59. The van der Waals surface area contributed by atoms with E-state index in [1.807, 2.05) is 0 Å². The van der Waals surface area contributed by atoms with Gasteiger partial charge < -0.3 is 15.0 Å². The Morgan fingerprint density at radius 1 is 0.621 bits per heavy atom. The number of hydrogen-bond donors (Lipinski definition) is 3. The van der Waals surface area contributed by atoms with E-state index in [1.54, 1.807) is 0 Å². The van der Waals surface area contributed by atoms with Crippen LogP contribution in [0.4, 0.5) is 0 Å². The van der Waals surface area contributed by atoms with E-state index >= 15 is 0 Å². The van der Waals surface area contributed by atoms with Crippen molar-refractivity contribution >= 4 is 23.6 Å². The molecule has 10 bridgehead atoms. The Kier molecular flexibility index (Phi) is 3.66. The van der Waals surface area contributed by atoms with Crippen LogP contribution in [0.2, 0.25) is 0 Å². The van der Waals surface area contributed by atoms with Gasteiger partial charge in [0.2, 0.25) is 0 Å². The molecule has 5 heteroatoms. The Bertz CT molecular complexity index is 1220. The van der Waals surface area contributed by atoms with Crippen LogP contribution in [0.3, 0.4) is 0 Å². The molecule has 2 unspecified atom stereocenters. The molecule has 3 N–H and O–H groups in total. The van der Waals surface area contributed by atoms with Crippen LogP contribution < -0.4 is 10.7 Å². The fourth-order valence-corrected chi connectivity index (χ4v) is 4.17. The van der Waals surface area contributed by atoms with Crippen molar-refractivity contribution < 1.29 is 0 Å². The molecular formula is C24H21N5. The summed E-state index contributed by atoms with van der Waals surface area (Å²) in [5.41, 5.74) is 6.61. The molecule has 0 saturated heterocycles. The quantitative estimate of drug-likeness (QED) is 0.537. The molecule has 29 heavy (non-hydrogen) atoms. The van der Waals surface area contributed by atoms with Gasteiger partial charge in [-0.3, -0.25) is 9.98 Å². The van der Waals surface area contributed by atoms with E-state index in [9.17, 15) is 0 Å². The highest BCUT2D eigenvalue weighted by molar-refractivity contribution is 6.19. The first kappa shape index (κ1) is 16.4. The number of rotatable bonds is 0. The molecule has 3 aliphatic heterocycles. The summed E-state index contributed by atoms with van der Waals surface area (Å²) in [4.78, 5) is 20.2. The van der Waals surface area contributed by atoms with Crippen LogP contribution in [0, 0.1) is 0 Å². The number of H-pyrrole nitrogens is 3. The molecule has 0 saturated carbocycles. The normalized spacial score (nSPS) is 24.6. The Hall–Kier alpha value is -3.60. The zero-order valence-corrected chi connectivity index (χ0v) is 15.9. The van der Waals surface area contributed by atoms with Crippen LogP contribution in [-0.4, -0.2) is 38.5 Å². The van der Waals surface area contributed by atoms with Crippen LogP contribution in [0.25, 0.3) is 23.5 Å². The SMILES string of the molecule is C1=CC2Cc3ccc([nH]3)-c3ccc([nH]3)CC3C=CC(=N3)/C=c3/cc/c([nH]3)=C/C1=N2. The minimum absolute atomic E-state index is 0.172. The largest absolute Gasteiger partial charge is 0.357 e. The van der Waals surface area contributed by atoms with Gasteiger partial charge >= 0.3 is 0 Å². The van der Waals surface area contributed by atoms with Crippen LogP contribution in [-0.2, 0) is 12.8 Å². The Balaban J connectivity index is 1.43. The van der Waals surface area contributed by atoms with Crippen molar-refractivity contribution in [3.05, 3.63) is 82.8 Å². The lowest BCUT2D eigenvalue weighted by molar-refractivity contribution is 0.805. The average Bonchev–Trinajstić information content (AvgIpc) is 3.50. The fourth-order valence-electron chi connectivity index (χ4n) is 4.17. The number of fused-ring (bicyclic) bond motifs is 9. The molecule has 0 aliphatic carbocycles. The minimum Gasteiger partial charge on any atom is -0.357 e. The molecule has 0 aromatic carbocycles. The maximum Gasteiger partial charge on any atom is 0.0745 e. The summed E-state index contributed by atoms with van der Waals surface area (Å²) in [5, 5.41) is 2.11. The zero-order valence-electron chi connectivity index (χ0n) is 15.9. The van der Waals surface area contributed by atoms with Crippen molar-refractivity contribution in [2.75, 3.05) is 0 Å². The van der Waals surface area contributed by atoms with E-state index in [0.717, 1.165) is 46.4 Å². The second-order valence-corrected chi connectivity index (χ2v) is 7.82. The third kappa shape index (κ3) is 3.25. The van der Waals surface area contributed by atoms with E-state index < -0.39 is 0 Å². The second kappa shape index (κ2) is 6.48. The lowest BCUT2D eigenvalue weighted by atomic mass is 10.2. The van der Waals surface area contributed by atoms with E-state index in [1.165, 1.54) is 11.4 Å². The molecule has 3 aromatic heterocycles. The predicted octanol–water partition coefficient (Wildman–Crippen LogP) is 2.46. The molecule has 6 heterocycles. The van der Waals surface area contributed by atoms with Gasteiger partial charge in [0.05, 0.1) is 34.9 Å². The first-order chi connectivity index (χ1) is 14.3. The summed E-state index contributed by atoms with van der Waals surface area (Å²) in [6.45, 7) is 0. The zero-order chi connectivity index (χ0) is 19.2. The van der Waals surface area contributed by atoms with Crippen LogP contribution in [0.1, 0.15) is 11.4 Å². The molecule has 0 amide bonds. The van der Waals surface area contributed by atoms with Gasteiger partial charge in [0.25, 0.3) is 0 Å². The highest BCUT2D eigenvalue weighted by atomic mass is 14.9. The maximum absolute atomic E-state index is 4.84. The summed E-state index contributed by atoms with van der Waals surface area (Å²) in [6.07, 6.45) is 14.5. The van der Waals surface area contributed by atoms with Gasteiger partial charge in [-0.15, -0.1) is 0 Å². The molecule has 0 fully saturated rings. The van der Waals surface area contributed by atoms with E-state index in [-0.39, 0.29) is 12.1 Å². The number of nitrogens with one attached hydrogen (secondary N) is 3. The van der Waals surface area contributed by atoms with Gasteiger partial charge in [-0.25, -0.2) is 0 Å². The lowest BCUT2D eigenvalue weighted by Gasteiger charge is -2.03. The summed E-state index contributed by atoms with van der Waals surface area (Å²) in [5.74, 6) is 0. The molecule has 142 valence electrons. The molecule has 2 atom stereocenters. The Morgan fingerprint density at radius 3 is 1.66 bits per heavy atom. The van der Waals surface area contributed by atoms with Crippen LogP contribution >= 0.6 is 0 Å². The Labute approximate surface area is 168 Å². The summed E-state index contributed by atoms with van der Waals surface area (Å²) >= 11 is 0. The Morgan fingerprint density at radius 2 is 1.14 bits per heavy atom. The van der Waals surface area contributed by atoms with E-state index in [2.05, 4.69) is 87.8 Å². The van der Waals surface area contributed by atoms with Crippen molar-refractivity contribution in [3.8, 4) is 11.4 Å². The van der Waals surface area contributed by atoms with Crippen LogP contribution in [0.5, 0.6) is 0 Å². The van der Waals surface area contributed by atoms with Crippen molar-refractivity contribution in [3.63, 3.8) is 0 Å². The number of hydrogen-bond acceptors (Lipinski definition) is 2. The monoisotopic (exact) mass is 379 g/mol. The fraction of sp³-hybridized carbons (Fsp3) is 0.167. The first-order valence-electron chi connectivity index (χ1n) is 10.0. The van der Waals surface area contributed by atoms with Gasteiger partial charge in [0.15, 0.2) is 0 Å². The summed E-state index contributed by atoms with van der Waals surface area (Å²) in [7, 11) is 0. The standard InChI is InChI=1S/C24H21N5/c1-2-16-12-18-4-6-20(27-18)14-22-8-10-24(29-22)23-9-7-21(28-23)13-19-5-3-17(26-19)11-15(1)25-16/h1-12,19-20,25,28-29H,13-14H2/b15-11-,16-12-. The average molecular weight is 379 g/mol. The van der Waals surface area contributed by atoms with Gasteiger partial charge in [-0.2, -0.15) is 0 Å². The molecule has 0 spiro atoms. The highest BCUT2D eigenvalue weighted by Crippen LogP contribution is 2.21. The molecule has 6 rings (SSSR count). The molecule has 3 aliphatic rings. The minimum atomic E-state index is 0.172. The molecular weight excluding hydrogens is 358 g/mol. The lowest BCUT2D eigenvalue weighted by Crippen LogP contribution is -2.12. The van der Waals surface area contributed by atoms with Crippen molar-refractivity contribution in [2.24, 2.45) is 9.98 Å². The van der Waals surface area contributed by atoms with Crippen molar-refractivity contribution in [1.29, 1.82) is 0 Å². The number of aliphatic imine (C=N–C) groups is 2. The maximum atomic E-state index is 4.84. The molecule has 3 aromatic rings. The number of nitrogens with zero attached hydrogens (tertiary/aromatic N) is 2. The van der Waals surface area contributed by atoms with Crippen molar-refractivity contribution in [2.45, 2.75) is 24.9 Å². The number of aromatic amines is 3. The van der Waals surface area contributed by atoms with Gasteiger partial charge in [-0.1, -0.05) is 12.2 Å². The van der Waals surface area contributed by atoms with Crippen molar-refractivity contribution in [1.82, 2.24) is 15.0 Å². The number of aromatic nitrogens is 3. The van der Waals surface area contributed by atoms with Gasteiger partial charge in [-0.05, 0) is 60.7 Å². The third-order valence-corrected chi connectivity index (χ3v) is 5.59. The number of allylic oxidation sites excluding steroid dienone is 2. The summed E-state index contributed by atoms with van der Waals surface area (Å²) in [6, 6.07) is 13.1. The van der Waals surface area contributed by atoms with Crippen LogP contribution in [0.15, 0.2) is 70.7 Å².